The third kappa shape index (κ3) is 2.60. The number of aliphatic carboxylic acids is 1. The summed E-state index contributed by atoms with van der Waals surface area (Å²) in [6, 6.07) is 1.31. The summed E-state index contributed by atoms with van der Waals surface area (Å²) in [6.45, 7) is 0. The van der Waals surface area contributed by atoms with Crippen LogP contribution in [0.5, 0.6) is 0 Å². The lowest BCUT2D eigenvalue weighted by Gasteiger charge is -2.13. The predicted octanol–water partition coefficient (Wildman–Crippen LogP) is 2.90. The van der Waals surface area contributed by atoms with Crippen LogP contribution in [0.4, 0.5) is 13.2 Å². The van der Waals surface area contributed by atoms with Gasteiger partial charge in [0.05, 0.1) is 6.42 Å². The van der Waals surface area contributed by atoms with Crippen LogP contribution < -0.4 is 0 Å². The van der Waals surface area contributed by atoms with Gasteiger partial charge in [-0.2, -0.15) is 0 Å². The van der Waals surface area contributed by atoms with Crippen LogP contribution >= 0.6 is 0 Å². The average Bonchev–Trinajstić information content (AvgIpc) is 2.93. The second-order valence-electron chi connectivity index (χ2n) is 4.61. The summed E-state index contributed by atoms with van der Waals surface area (Å²) in [5, 5.41) is 8.71. The van der Waals surface area contributed by atoms with Crippen molar-refractivity contribution in [1.29, 1.82) is 0 Å². The Morgan fingerprint density at radius 2 is 1.76 bits per heavy atom. The normalized spacial score (nSPS) is 16.9. The van der Waals surface area contributed by atoms with E-state index in [4.69, 9.17) is 5.11 Å². The largest absolute Gasteiger partial charge is 0.481 e. The Morgan fingerprint density at radius 1 is 1.18 bits per heavy atom. The average molecular weight is 244 g/mol. The molecule has 1 fully saturated rings. The summed E-state index contributed by atoms with van der Waals surface area (Å²) in [4.78, 5) is 10.6. The van der Waals surface area contributed by atoms with Gasteiger partial charge in [0.25, 0.3) is 0 Å². The molecule has 0 atom stereocenters. The van der Waals surface area contributed by atoms with Gasteiger partial charge in [-0.05, 0) is 36.3 Å². The van der Waals surface area contributed by atoms with Crippen LogP contribution in [-0.2, 0) is 11.2 Å². The van der Waals surface area contributed by atoms with E-state index >= 15 is 0 Å². The smallest absolute Gasteiger partial charge is 0.303 e. The van der Waals surface area contributed by atoms with Crippen LogP contribution in [0.2, 0.25) is 0 Å². The van der Waals surface area contributed by atoms with Crippen LogP contribution in [0, 0.1) is 22.9 Å². The molecule has 1 aromatic carbocycles. The Morgan fingerprint density at radius 3 is 2.29 bits per heavy atom. The maximum atomic E-state index is 13.4. The first kappa shape index (κ1) is 12.0. The van der Waals surface area contributed by atoms with E-state index in [1.165, 1.54) is 0 Å². The topological polar surface area (TPSA) is 37.3 Å². The zero-order chi connectivity index (χ0) is 12.6. The van der Waals surface area contributed by atoms with Crippen LogP contribution in [0.15, 0.2) is 12.1 Å². The van der Waals surface area contributed by atoms with E-state index in [1.54, 1.807) is 0 Å². The molecular weight excluding hydrogens is 233 g/mol. The highest BCUT2D eigenvalue weighted by atomic mass is 19.2. The van der Waals surface area contributed by atoms with Gasteiger partial charge < -0.3 is 5.11 Å². The Labute approximate surface area is 96.1 Å². The first-order valence-corrected chi connectivity index (χ1v) is 5.27. The highest BCUT2D eigenvalue weighted by molar-refractivity contribution is 5.68. The summed E-state index contributed by atoms with van der Waals surface area (Å²) in [6.07, 6.45) is 1.43. The van der Waals surface area contributed by atoms with Crippen LogP contribution in [0.3, 0.4) is 0 Å². The van der Waals surface area contributed by atoms with Gasteiger partial charge in [0.2, 0.25) is 0 Å². The molecule has 2 rings (SSSR count). The molecule has 1 aliphatic rings. The molecule has 0 spiro atoms. The third-order valence-electron chi connectivity index (χ3n) is 3.14. The molecule has 0 unspecified atom stereocenters. The Bertz CT molecular complexity index is 467. The van der Waals surface area contributed by atoms with E-state index in [0.717, 1.165) is 6.07 Å². The molecule has 0 saturated heterocycles. The Hall–Kier alpha value is -1.52. The van der Waals surface area contributed by atoms with Crippen molar-refractivity contribution in [2.75, 3.05) is 0 Å². The molecule has 0 aliphatic heterocycles. The SMILES string of the molecule is O=C(O)CC1(Cc2cc(F)c(F)cc2F)CC1. The second-order valence-corrected chi connectivity index (χ2v) is 4.61. The lowest BCUT2D eigenvalue weighted by molar-refractivity contribution is -0.138. The third-order valence-corrected chi connectivity index (χ3v) is 3.14. The van der Waals surface area contributed by atoms with E-state index in [2.05, 4.69) is 0 Å². The monoisotopic (exact) mass is 244 g/mol. The summed E-state index contributed by atoms with van der Waals surface area (Å²) in [5.74, 6) is -4.10. The number of hydrogen-bond acceptors (Lipinski definition) is 1. The fourth-order valence-electron chi connectivity index (χ4n) is 2.02. The van der Waals surface area contributed by atoms with E-state index in [-0.39, 0.29) is 18.4 Å². The van der Waals surface area contributed by atoms with Gasteiger partial charge >= 0.3 is 5.97 Å². The summed E-state index contributed by atoms with van der Waals surface area (Å²) >= 11 is 0. The first-order valence-electron chi connectivity index (χ1n) is 5.27. The summed E-state index contributed by atoms with van der Waals surface area (Å²) in [5.41, 5.74) is -0.431. The van der Waals surface area contributed by atoms with Gasteiger partial charge in [0.1, 0.15) is 5.82 Å². The molecule has 0 amide bonds. The van der Waals surface area contributed by atoms with Gasteiger partial charge in [-0.25, -0.2) is 13.2 Å². The molecule has 0 radical (unpaired) electrons. The van der Waals surface area contributed by atoms with Crippen molar-refractivity contribution in [3.63, 3.8) is 0 Å². The number of halogens is 3. The van der Waals surface area contributed by atoms with Gasteiger partial charge in [0, 0.05) is 6.07 Å². The van der Waals surface area contributed by atoms with E-state index in [0.29, 0.717) is 18.9 Å². The highest BCUT2D eigenvalue weighted by Crippen LogP contribution is 2.51. The minimum absolute atomic E-state index is 0.0441. The highest BCUT2D eigenvalue weighted by Gasteiger charge is 2.44. The summed E-state index contributed by atoms with van der Waals surface area (Å²) < 4.78 is 39.0. The van der Waals surface area contributed by atoms with Crippen LogP contribution in [0.1, 0.15) is 24.8 Å². The first-order chi connectivity index (χ1) is 7.92. The summed E-state index contributed by atoms with van der Waals surface area (Å²) in [7, 11) is 0. The maximum absolute atomic E-state index is 13.4. The molecule has 0 aromatic heterocycles. The lowest BCUT2D eigenvalue weighted by atomic mass is 9.93. The fourth-order valence-corrected chi connectivity index (χ4v) is 2.02. The van der Waals surface area contributed by atoms with Crippen molar-refractivity contribution >= 4 is 5.97 Å². The molecular formula is C12H11F3O2. The minimum atomic E-state index is -1.23. The number of carboxylic acids is 1. The van der Waals surface area contributed by atoms with Crippen molar-refractivity contribution in [2.24, 2.45) is 5.41 Å². The number of benzene rings is 1. The minimum Gasteiger partial charge on any atom is -0.481 e. The van der Waals surface area contributed by atoms with Gasteiger partial charge in [-0.15, -0.1) is 0 Å². The number of rotatable bonds is 4. The van der Waals surface area contributed by atoms with Crippen molar-refractivity contribution in [3.8, 4) is 0 Å². The standard InChI is InChI=1S/C12H11F3O2/c13-8-4-10(15)9(14)3-7(8)5-12(1-2-12)6-11(16)17/h3-4H,1-2,5-6H2,(H,16,17). The fraction of sp³-hybridized carbons (Fsp3) is 0.417. The number of hydrogen-bond donors (Lipinski definition) is 1. The van der Waals surface area contributed by atoms with E-state index in [9.17, 15) is 18.0 Å². The second kappa shape index (κ2) is 4.05. The maximum Gasteiger partial charge on any atom is 0.303 e. The van der Waals surface area contributed by atoms with E-state index in [1.807, 2.05) is 0 Å². The van der Waals surface area contributed by atoms with Gasteiger partial charge in [-0.1, -0.05) is 0 Å². The Balaban J connectivity index is 2.19. The molecule has 92 valence electrons. The quantitative estimate of drug-likeness (QED) is 0.827. The molecule has 0 bridgehead atoms. The van der Waals surface area contributed by atoms with Gasteiger partial charge in [-0.3, -0.25) is 4.79 Å². The van der Waals surface area contributed by atoms with Crippen molar-refractivity contribution < 1.29 is 23.1 Å². The molecule has 0 heterocycles. The molecule has 17 heavy (non-hydrogen) atoms. The zero-order valence-electron chi connectivity index (χ0n) is 8.97. The van der Waals surface area contributed by atoms with Crippen molar-refractivity contribution in [2.45, 2.75) is 25.7 Å². The Kier molecular flexibility index (Phi) is 2.85. The molecule has 1 aliphatic carbocycles. The van der Waals surface area contributed by atoms with Crippen LogP contribution in [-0.4, -0.2) is 11.1 Å². The zero-order valence-corrected chi connectivity index (χ0v) is 8.97. The van der Waals surface area contributed by atoms with Crippen LogP contribution in [0.25, 0.3) is 0 Å². The molecule has 1 aromatic rings. The lowest BCUT2D eigenvalue weighted by Crippen LogP contribution is -2.12. The number of carboxylic acid groups (broad SMARTS) is 1. The molecule has 5 heteroatoms. The van der Waals surface area contributed by atoms with Gasteiger partial charge in [0.15, 0.2) is 11.6 Å². The molecule has 1 saturated carbocycles. The van der Waals surface area contributed by atoms with E-state index < -0.39 is 28.8 Å². The predicted molar refractivity (Wildman–Crippen MR) is 53.9 cm³/mol. The molecule has 2 nitrogen and oxygen atoms in total. The number of carbonyl (C=O) groups is 1. The van der Waals surface area contributed by atoms with Crippen molar-refractivity contribution in [1.82, 2.24) is 0 Å². The van der Waals surface area contributed by atoms with Crippen molar-refractivity contribution in [3.05, 3.63) is 35.1 Å². The molecule has 1 N–H and O–H groups in total.